The first kappa shape index (κ1) is 22.5. The highest BCUT2D eigenvalue weighted by atomic mass is 32.2. The molecular formula is C18H23NO7S. The number of rotatable bonds is 11. The first-order valence-electron chi connectivity index (χ1n) is 8.24. The molecule has 0 bridgehead atoms. The predicted molar refractivity (Wildman–Crippen MR) is 99.7 cm³/mol. The van der Waals surface area contributed by atoms with Crippen LogP contribution < -0.4 is 5.32 Å². The summed E-state index contributed by atoms with van der Waals surface area (Å²) in [5.74, 6) is -2.24. The molecule has 0 spiro atoms. The molecule has 2 atom stereocenters. The van der Waals surface area contributed by atoms with E-state index in [1.165, 1.54) is 18.7 Å². The summed E-state index contributed by atoms with van der Waals surface area (Å²) in [5, 5.41) is 20.1. The maximum atomic E-state index is 11.9. The molecule has 9 heteroatoms. The number of benzene rings is 1. The Labute approximate surface area is 161 Å². The molecule has 1 rings (SSSR count). The Bertz CT molecular complexity index is 675. The van der Waals surface area contributed by atoms with E-state index >= 15 is 0 Å². The van der Waals surface area contributed by atoms with Crippen molar-refractivity contribution >= 4 is 35.6 Å². The van der Waals surface area contributed by atoms with E-state index in [0.29, 0.717) is 5.75 Å². The summed E-state index contributed by atoms with van der Waals surface area (Å²) in [6, 6.07) is 6.74. The number of alkyl carbamates (subject to hydrolysis) is 1. The SMILES string of the molecule is CC(=O)[C@H](CCC(=O)O)NC(=O)O[C@@H](CSCc1ccc(C)cc1)C(=O)O. The Kier molecular flexibility index (Phi) is 9.35. The summed E-state index contributed by atoms with van der Waals surface area (Å²) in [7, 11) is 0. The molecule has 1 amide bonds. The zero-order valence-electron chi connectivity index (χ0n) is 15.1. The number of carboxylic acid groups (broad SMARTS) is 2. The van der Waals surface area contributed by atoms with Crippen molar-refractivity contribution in [3.05, 3.63) is 35.4 Å². The van der Waals surface area contributed by atoms with Crippen molar-refractivity contribution in [3.8, 4) is 0 Å². The molecule has 0 heterocycles. The average molecular weight is 397 g/mol. The van der Waals surface area contributed by atoms with Gasteiger partial charge in [-0.15, -0.1) is 0 Å². The van der Waals surface area contributed by atoms with Gasteiger partial charge in [0.25, 0.3) is 0 Å². The first-order chi connectivity index (χ1) is 12.7. The average Bonchev–Trinajstić information content (AvgIpc) is 2.58. The Morgan fingerprint density at radius 3 is 2.30 bits per heavy atom. The highest BCUT2D eigenvalue weighted by molar-refractivity contribution is 7.98. The normalized spacial score (nSPS) is 12.7. The molecule has 0 aliphatic rings. The number of ketones is 1. The third-order valence-electron chi connectivity index (χ3n) is 3.61. The second-order valence-corrected chi connectivity index (χ2v) is 7.00. The minimum Gasteiger partial charge on any atom is -0.481 e. The van der Waals surface area contributed by atoms with Crippen LogP contribution in [-0.4, -0.2) is 51.9 Å². The van der Waals surface area contributed by atoms with Gasteiger partial charge in [0, 0.05) is 17.9 Å². The van der Waals surface area contributed by atoms with E-state index in [0.717, 1.165) is 11.1 Å². The molecule has 8 nitrogen and oxygen atoms in total. The number of nitrogens with one attached hydrogen (secondary N) is 1. The molecule has 0 aromatic heterocycles. The van der Waals surface area contributed by atoms with Crippen molar-refractivity contribution in [2.45, 2.75) is 44.6 Å². The minimum absolute atomic E-state index is 0.0382. The van der Waals surface area contributed by atoms with Gasteiger partial charge in [-0.25, -0.2) is 9.59 Å². The summed E-state index contributed by atoms with van der Waals surface area (Å²) in [6.07, 6.45) is -2.85. The molecule has 0 unspecified atom stereocenters. The number of hydrogen-bond acceptors (Lipinski definition) is 6. The fourth-order valence-electron chi connectivity index (χ4n) is 2.07. The van der Waals surface area contributed by atoms with Crippen LogP contribution in [0, 0.1) is 6.92 Å². The van der Waals surface area contributed by atoms with E-state index in [4.69, 9.17) is 9.84 Å². The van der Waals surface area contributed by atoms with Crippen LogP contribution in [0.1, 0.15) is 30.9 Å². The summed E-state index contributed by atoms with van der Waals surface area (Å²) in [6.45, 7) is 3.17. The summed E-state index contributed by atoms with van der Waals surface area (Å²) in [4.78, 5) is 45.3. The Morgan fingerprint density at radius 1 is 1.15 bits per heavy atom. The van der Waals surface area contributed by atoms with Crippen LogP contribution in [0.2, 0.25) is 0 Å². The maximum absolute atomic E-state index is 11.9. The number of carbonyl (C=O) groups is 4. The fourth-order valence-corrected chi connectivity index (χ4v) is 3.04. The monoisotopic (exact) mass is 397 g/mol. The van der Waals surface area contributed by atoms with Gasteiger partial charge >= 0.3 is 18.0 Å². The number of amides is 1. The molecule has 1 aromatic rings. The van der Waals surface area contributed by atoms with Crippen LogP contribution in [-0.2, 0) is 24.9 Å². The van der Waals surface area contributed by atoms with Crippen molar-refractivity contribution in [3.63, 3.8) is 0 Å². The van der Waals surface area contributed by atoms with Gasteiger partial charge in [0.05, 0.1) is 6.04 Å². The zero-order valence-corrected chi connectivity index (χ0v) is 16.0. The predicted octanol–water partition coefficient (Wildman–Crippen LogP) is 2.23. The lowest BCUT2D eigenvalue weighted by Crippen LogP contribution is -2.43. The van der Waals surface area contributed by atoms with E-state index in [-0.39, 0.29) is 18.6 Å². The van der Waals surface area contributed by atoms with Gasteiger partial charge in [-0.3, -0.25) is 9.59 Å². The van der Waals surface area contributed by atoms with Gasteiger partial charge in [0.2, 0.25) is 6.10 Å². The van der Waals surface area contributed by atoms with Crippen LogP contribution in [0.25, 0.3) is 0 Å². The quantitative estimate of drug-likeness (QED) is 0.518. The Balaban J connectivity index is 2.52. The summed E-state index contributed by atoms with van der Waals surface area (Å²) < 4.78 is 4.89. The molecule has 27 heavy (non-hydrogen) atoms. The van der Waals surface area contributed by atoms with Gasteiger partial charge in [-0.2, -0.15) is 11.8 Å². The minimum atomic E-state index is -1.38. The second kappa shape index (κ2) is 11.2. The highest BCUT2D eigenvalue weighted by Gasteiger charge is 2.25. The number of ether oxygens (including phenoxy) is 1. The van der Waals surface area contributed by atoms with Crippen LogP contribution in [0.3, 0.4) is 0 Å². The number of aliphatic carboxylic acids is 2. The molecule has 0 aliphatic carbocycles. The van der Waals surface area contributed by atoms with E-state index in [1.54, 1.807) is 0 Å². The number of hydrogen-bond donors (Lipinski definition) is 3. The second-order valence-electron chi connectivity index (χ2n) is 5.97. The third kappa shape index (κ3) is 9.09. The standard InChI is InChI=1S/C18H23NO7S/c1-11-3-5-13(6-4-11)9-27-10-15(17(23)24)26-18(25)19-14(12(2)20)7-8-16(21)22/h3-6,14-15H,7-10H2,1-2H3,(H,19,25)(H,21,22)(H,23,24)/t14-,15-/m0/s1. The van der Waals surface area contributed by atoms with Crippen molar-refractivity contribution in [1.82, 2.24) is 5.32 Å². The Hall–Kier alpha value is -2.55. The maximum Gasteiger partial charge on any atom is 0.408 e. The number of carboxylic acids is 2. The van der Waals surface area contributed by atoms with E-state index in [1.807, 2.05) is 31.2 Å². The number of Topliss-reactive ketones (excluding diaryl/α,β-unsaturated/α-hetero) is 1. The van der Waals surface area contributed by atoms with Gasteiger partial charge in [-0.05, 0) is 25.8 Å². The molecule has 0 radical (unpaired) electrons. The summed E-state index contributed by atoms with van der Waals surface area (Å²) in [5.41, 5.74) is 2.14. The molecule has 0 saturated carbocycles. The van der Waals surface area contributed by atoms with Crippen molar-refractivity contribution < 1.29 is 34.1 Å². The third-order valence-corrected chi connectivity index (χ3v) is 4.69. The fraction of sp³-hybridized carbons (Fsp3) is 0.444. The van der Waals surface area contributed by atoms with E-state index in [9.17, 15) is 24.3 Å². The zero-order chi connectivity index (χ0) is 20.4. The lowest BCUT2D eigenvalue weighted by molar-refractivity contribution is -0.145. The van der Waals surface area contributed by atoms with Crippen LogP contribution in [0.4, 0.5) is 4.79 Å². The first-order valence-corrected chi connectivity index (χ1v) is 9.40. The lowest BCUT2D eigenvalue weighted by Gasteiger charge is -2.18. The number of carbonyl (C=O) groups excluding carboxylic acids is 2. The Morgan fingerprint density at radius 2 is 1.78 bits per heavy atom. The van der Waals surface area contributed by atoms with E-state index < -0.39 is 36.0 Å². The van der Waals surface area contributed by atoms with Crippen molar-refractivity contribution in [2.24, 2.45) is 0 Å². The molecule has 0 fully saturated rings. The highest BCUT2D eigenvalue weighted by Crippen LogP contribution is 2.15. The van der Waals surface area contributed by atoms with Gasteiger partial charge in [-0.1, -0.05) is 29.8 Å². The molecular weight excluding hydrogens is 374 g/mol. The largest absolute Gasteiger partial charge is 0.481 e. The number of aryl methyl sites for hydroxylation is 1. The van der Waals surface area contributed by atoms with Crippen molar-refractivity contribution in [2.75, 3.05) is 5.75 Å². The topological polar surface area (TPSA) is 130 Å². The van der Waals surface area contributed by atoms with Crippen LogP contribution in [0.15, 0.2) is 24.3 Å². The molecule has 0 saturated heterocycles. The van der Waals surface area contributed by atoms with E-state index in [2.05, 4.69) is 5.32 Å². The molecule has 1 aromatic carbocycles. The van der Waals surface area contributed by atoms with Crippen LogP contribution >= 0.6 is 11.8 Å². The molecule has 0 aliphatic heterocycles. The van der Waals surface area contributed by atoms with Crippen molar-refractivity contribution in [1.29, 1.82) is 0 Å². The van der Waals surface area contributed by atoms with Crippen LogP contribution in [0.5, 0.6) is 0 Å². The smallest absolute Gasteiger partial charge is 0.408 e. The lowest BCUT2D eigenvalue weighted by atomic mass is 10.1. The van der Waals surface area contributed by atoms with Gasteiger partial charge in [0.15, 0.2) is 5.78 Å². The van der Waals surface area contributed by atoms with Gasteiger partial charge in [0.1, 0.15) is 0 Å². The molecule has 148 valence electrons. The molecule has 3 N–H and O–H groups in total. The number of thioether (sulfide) groups is 1. The van der Waals surface area contributed by atoms with Gasteiger partial charge < -0.3 is 20.3 Å². The summed E-state index contributed by atoms with van der Waals surface area (Å²) >= 11 is 1.30.